The Morgan fingerprint density at radius 2 is 1.77 bits per heavy atom. The van der Waals surface area contributed by atoms with E-state index in [0.29, 0.717) is 31.6 Å². The number of aromatic nitrogens is 1. The van der Waals surface area contributed by atoms with E-state index in [-0.39, 0.29) is 36.8 Å². The molecule has 1 spiro atoms. The minimum Gasteiger partial charge on any atom is -0.496 e. The lowest BCUT2D eigenvalue weighted by Crippen LogP contribution is -2.81. The minimum atomic E-state index is -1.78. The van der Waals surface area contributed by atoms with Crippen molar-refractivity contribution in [3.05, 3.63) is 118 Å². The van der Waals surface area contributed by atoms with Gasteiger partial charge in [-0.2, -0.15) is 0 Å². The number of amides is 1. The summed E-state index contributed by atoms with van der Waals surface area (Å²) in [7, 11) is 5.15. The average molecular weight is 882 g/mol. The molecule has 1 aromatic heterocycles. The summed E-state index contributed by atoms with van der Waals surface area (Å²) in [5, 5.41) is 18.2. The third-order valence-electron chi connectivity index (χ3n) is 16.4. The Bertz CT molecular complexity index is 2610. The summed E-state index contributed by atoms with van der Waals surface area (Å²) >= 11 is 0. The van der Waals surface area contributed by atoms with Gasteiger partial charge in [-0.3, -0.25) is 24.2 Å². The lowest BCUT2D eigenvalue weighted by atomic mass is 9.47. The van der Waals surface area contributed by atoms with Crippen LogP contribution in [0.1, 0.15) is 74.4 Å². The van der Waals surface area contributed by atoms with Crippen LogP contribution in [0.15, 0.2) is 90.5 Å². The van der Waals surface area contributed by atoms with Gasteiger partial charge in [0.15, 0.2) is 0 Å². The number of carbonyl (C=O) groups is 3. The van der Waals surface area contributed by atoms with Crippen LogP contribution in [0, 0.1) is 11.3 Å². The predicted molar refractivity (Wildman–Crippen MR) is 250 cm³/mol. The van der Waals surface area contributed by atoms with Crippen LogP contribution in [-0.4, -0.2) is 122 Å². The van der Waals surface area contributed by atoms with Crippen LogP contribution in [0.25, 0.3) is 10.9 Å². The van der Waals surface area contributed by atoms with E-state index >= 15 is 4.79 Å². The molecular weight excluding hydrogens is 819 g/mol. The maximum Gasteiger partial charge on any atom is 0.322 e. The molecular formula is C53H63N5O7. The number of methoxy groups -OCH3 is 2. The van der Waals surface area contributed by atoms with Crippen LogP contribution < -0.4 is 15.0 Å². The van der Waals surface area contributed by atoms with E-state index < -0.39 is 40.0 Å². The van der Waals surface area contributed by atoms with E-state index in [9.17, 15) is 14.7 Å². The molecule has 0 radical (unpaired) electrons. The number of likely N-dealkylation sites (N-methyl/N-ethyl adjacent to an activating group) is 1. The topological polar surface area (TPSA) is 137 Å². The maximum atomic E-state index is 15.5. The van der Waals surface area contributed by atoms with E-state index in [1.165, 1.54) is 19.6 Å². The first-order valence-electron chi connectivity index (χ1n) is 23.6. The van der Waals surface area contributed by atoms with Crippen molar-refractivity contribution in [3.8, 4) is 5.75 Å². The zero-order valence-electron chi connectivity index (χ0n) is 38.6. The Morgan fingerprint density at radius 1 is 0.985 bits per heavy atom. The highest BCUT2D eigenvalue weighted by atomic mass is 16.6. The average Bonchev–Trinajstić information content (AvgIpc) is 3.98. The molecule has 12 nitrogen and oxygen atoms in total. The van der Waals surface area contributed by atoms with Crippen molar-refractivity contribution in [1.29, 1.82) is 0 Å². The number of nitrogens with zero attached hydrogens (tertiary/aromatic N) is 3. The van der Waals surface area contributed by atoms with E-state index in [0.717, 1.165) is 83.6 Å². The highest BCUT2D eigenvalue weighted by Crippen LogP contribution is 2.68. The Morgan fingerprint density at radius 3 is 2.51 bits per heavy atom. The Balaban J connectivity index is 1.22. The SMILES string of the molecule is CCC1=C[C@@H]2CN(CCc3c([nH]c4ccccc34)[C@@](C(=O)OC)(c3cc4c(cc3OC)N(C)[C@H]3C(O)(CNC(=O)Cc5ccccc5)[C@H](OC(C)=O)[C@]5(CC)C=CCN6CC[C@]43[C@@H]65)C2)C1. The van der Waals surface area contributed by atoms with Gasteiger partial charge in [-0.25, -0.2) is 0 Å². The van der Waals surface area contributed by atoms with Crippen molar-refractivity contribution in [1.82, 2.24) is 20.1 Å². The van der Waals surface area contributed by atoms with Crippen molar-refractivity contribution in [2.75, 3.05) is 65.4 Å². The van der Waals surface area contributed by atoms with Crippen LogP contribution >= 0.6 is 0 Å². The molecule has 2 bridgehead atoms. The number of hydrogen-bond acceptors (Lipinski definition) is 10. The largest absolute Gasteiger partial charge is 0.496 e. The highest BCUT2D eigenvalue weighted by molar-refractivity contribution is 5.94. The van der Waals surface area contributed by atoms with Crippen LogP contribution in [-0.2, 0) is 47.5 Å². The number of H-pyrrole nitrogens is 1. The zero-order valence-corrected chi connectivity index (χ0v) is 38.6. The number of aliphatic hydroxyl groups is 1. The number of hydrogen-bond donors (Lipinski definition) is 3. The Hall–Kier alpha value is -5.43. The van der Waals surface area contributed by atoms with Crippen molar-refractivity contribution in [2.24, 2.45) is 11.3 Å². The molecule has 12 heteroatoms. The normalized spacial score (nSPS) is 32.2. The van der Waals surface area contributed by atoms with Gasteiger partial charge < -0.3 is 34.5 Å². The van der Waals surface area contributed by atoms with Gasteiger partial charge in [-0.1, -0.05) is 86.2 Å². The minimum absolute atomic E-state index is 0.0312. The van der Waals surface area contributed by atoms with Gasteiger partial charge in [-0.15, -0.1) is 0 Å². The van der Waals surface area contributed by atoms with Gasteiger partial charge in [0.1, 0.15) is 22.9 Å². The third kappa shape index (κ3) is 6.37. The van der Waals surface area contributed by atoms with Crippen LogP contribution in [0.2, 0.25) is 0 Å². The first-order chi connectivity index (χ1) is 31.4. The van der Waals surface area contributed by atoms with E-state index in [1.54, 1.807) is 7.11 Å². The van der Waals surface area contributed by atoms with Crippen molar-refractivity contribution in [3.63, 3.8) is 0 Å². The number of benzene rings is 3. The molecule has 9 atom stereocenters. The lowest BCUT2D eigenvalue weighted by Gasteiger charge is -2.64. The second-order valence-electron chi connectivity index (χ2n) is 19.6. The second-order valence-corrected chi connectivity index (χ2v) is 19.6. The summed E-state index contributed by atoms with van der Waals surface area (Å²) in [5.74, 6) is -0.515. The van der Waals surface area contributed by atoms with Gasteiger partial charge in [0, 0.05) is 90.9 Å². The number of ether oxygens (including phenoxy) is 3. The van der Waals surface area contributed by atoms with E-state index in [4.69, 9.17) is 14.2 Å². The number of para-hydroxylation sites is 1. The molecule has 65 heavy (non-hydrogen) atoms. The smallest absolute Gasteiger partial charge is 0.322 e. The molecule has 1 saturated heterocycles. The molecule has 10 rings (SSSR count). The highest BCUT2D eigenvalue weighted by Gasteiger charge is 2.78. The molecule has 6 heterocycles. The standard InChI is InChI=1S/C53H63N5O7/c1-7-34-25-36-29-52(49(61)64-6,45-38(19-23-57(30-34)31-36)37-17-12-13-18-41(37)55-45)40-27-39-42(28-43(40)63-5)56(4)47-51(39)21-24-58-22-14-20-50(8-2,46(51)58)48(65-33(3)59)53(47,62)32-54-44(60)26-35-15-10-9-11-16-35/h9-18,20,25,27-28,36,46-48,55,62H,7-8,19,21-24,26,29-32H2,1-6H3,(H,54,60)/t36-,46-,47+,48+,50+,51+,52-,53?/m0/s1. The number of carbonyl (C=O) groups excluding carboxylic acids is 3. The second kappa shape index (κ2) is 16.2. The number of aromatic amines is 1. The quantitative estimate of drug-likeness (QED) is 0.129. The fourth-order valence-electron chi connectivity index (χ4n) is 14.1. The summed E-state index contributed by atoms with van der Waals surface area (Å²) < 4.78 is 19.0. The third-order valence-corrected chi connectivity index (χ3v) is 16.4. The molecule has 2 unspecified atom stereocenters. The number of esters is 2. The number of fused-ring (bicyclic) bond motifs is 6. The van der Waals surface area contributed by atoms with Gasteiger partial charge in [0.2, 0.25) is 5.91 Å². The molecule has 1 amide bonds. The van der Waals surface area contributed by atoms with Crippen molar-refractivity contribution < 1.29 is 33.7 Å². The van der Waals surface area contributed by atoms with E-state index in [2.05, 4.69) is 87.4 Å². The summed E-state index contributed by atoms with van der Waals surface area (Å²) in [4.78, 5) is 53.6. The molecule has 4 aromatic rings. The first kappa shape index (κ1) is 43.5. The first-order valence-corrected chi connectivity index (χ1v) is 23.6. The monoisotopic (exact) mass is 881 g/mol. The molecule has 3 N–H and O–H groups in total. The van der Waals surface area contributed by atoms with Gasteiger partial charge in [0.05, 0.1) is 33.2 Å². The molecule has 1 saturated carbocycles. The lowest BCUT2D eigenvalue weighted by molar-refractivity contribution is -0.217. The van der Waals surface area contributed by atoms with Gasteiger partial charge in [0.25, 0.3) is 0 Å². The Kier molecular flexibility index (Phi) is 10.8. The zero-order chi connectivity index (χ0) is 45.5. The van der Waals surface area contributed by atoms with Crippen LogP contribution in [0.5, 0.6) is 5.75 Å². The number of anilines is 1. The molecule has 2 fully saturated rings. The van der Waals surface area contributed by atoms with Gasteiger partial charge >= 0.3 is 11.9 Å². The van der Waals surface area contributed by atoms with Gasteiger partial charge in [-0.05, 0) is 73.4 Å². The molecule has 342 valence electrons. The molecule has 3 aromatic carbocycles. The Labute approximate surface area is 382 Å². The number of rotatable bonds is 10. The number of nitrogens with one attached hydrogen (secondary N) is 2. The summed E-state index contributed by atoms with van der Waals surface area (Å²) in [6.07, 6.45) is 9.22. The van der Waals surface area contributed by atoms with Crippen LogP contribution in [0.4, 0.5) is 5.69 Å². The molecule has 1 aliphatic carbocycles. The van der Waals surface area contributed by atoms with Crippen molar-refractivity contribution >= 4 is 34.4 Å². The summed E-state index contributed by atoms with van der Waals surface area (Å²) in [6.45, 7) is 9.58. The fourth-order valence-corrected chi connectivity index (χ4v) is 14.1. The predicted octanol–water partition coefficient (Wildman–Crippen LogP) is 5.98. The molecule has 5 aliphatic heterocycles. The fraction of sp³-hybridized carbons (Fsp3) is 0.491. The summed E-state index contributed by atoms with van der Waals surface area (Å²) in [5.41, 5.74) is 3.02. The van der Waals surface area contributed by atoms with Crippen molar-refractivity contribution in [2.45, 2.75) is 93.9 Å². The summed E-state index contributed by atoms with van der Waals surface area (Å²) in [6, 6.07) is 21.3. The van der Waals surface area contributed by atoms with E-state index in [1.807, 2.05) is 43.4 Å². The molecule has 6 aliphatic rings. The van der Waals surface area contributed by atoms with Crippen LogP contribution in [0.3, 0.4) is 0 Å². The maximum absolute atomic E-state index is 15.5.